The molecule has 0 fully saturated rings. The van der Waals surface area contributed by atoms with Gasteiger partial charge < -0.3 is 14.8 Å². The number of hydrogen-bond donors (Lipinski definition) is 1. The van der Waals surface area contributed by atoms with Crippen molar-refractivity contribution in [2.45, 2.75) is 39.3 Å². The van der Waals surface area contributed by atoms with Gasteiger partial charge in [-0.1, -0.05) is 30.3 Å². The van der Waals surface area contributed by atoms with E-state index >= 15 is 0 Å². The molecular formula is C15H21NO4. The number of carbonyl (C=O) groups excluding carboxylic acids is 2. The number of esters is 1. The lowest BCUT2D eigenvalue weighted by Gasteiger charge is -2.24. The minimum absolute atomic E-state index is 0.238. The van der Waals surface area contributed by atoms with E-state index in [1.807, 2.05) is 6.07 Å². The van der Waals surface area contributed by atoms with Crippen LogP contribution in [-0.4, -0.2) is 24.3 Å². The van der Waals surface area contributed by atoms with E-state index in [9.17, 15) is 9.59 Å². The molecule has 0 unspecified atom stereocenters. The predicted molar refractivity (Wildman–Crippen MR) is 75.2 cm³/mol. The highest BCUT2D eigenvalue weighted by molar-refractivity contribution is 5.83. The van der Waals surface area contributed by atoms with Gasteiger partial charge in [0.2, 0.25) is 0 Å². The van der Waals surface area contributed by atoms with Gasteiger partial charge in [-0.25, -0.2) is 9.59 Å². The minimum atomic E-state index is -0.880. The third-order valence-corrected chi connectivity index (χ3v) is 2.31. The van der Waals surface area contributed by atoms with Crippen LogP contribution in [0.25, 0.3) is 0 Å². The molecule has 0 heterocycles. The molecule has 20 heavy (non-hydrogen) atoms. The fourth-order valence-corrected chi connectivity index (χ4v) is 1.58. The van der Waals surface area contributed by atoms with Crippen LogP contribution >= 0.6 is 0 Å². The Hall–Kier alpha value is -2.04. The number of nitrogens with one attached hydrogen (secondary N) is 1. The molecule has 1 atom stereocenters. The summed E-state index contributed by atoms with van der Waals surface area (Å²) in [6, 6.07) is 8.04. The highest BCUT2D eigenvalue weighted by Crippen LogP contribution is 2.18. The number of alkyl carbamates (subject to hydrolysis) is 1. The third kappa shape index (κ3) is 5.30. The Morgan fingerprint density at radius 3 is 2.30 bits per heavy atom. The van der Waals surface area contributed by atoms with Crippen molar-refractivity contribution in [3.05, 3.63) is 35.9 Å². The second-order valence-electron chi connectivity index (χ2n) is 5.24. The van der Waals surface area contributed by atoms with Gasteiger partial charge >= 0.3 is 12.1 Å². The van der Waals surface area contributed by atoms with Crippen LogP contribution in [0, 0.1) is 0 Å². The predicted octanol–water partition coefficient (Wildman–Crippen LogP) is 2.82. The minimum Gasteiger partial charge on any atom is -0.458 e. The molecule has 110 valence electrons. The first-order chi connectivity index (χ1) is 9.33. The molecule has 1 rings (SSSR count). The number of benzene rings is 1. The summed E-state index contributed by atoms with van der Waals surface area (Å²) >= 11 is 0. The zero-order valence-corrected chi connectivity index (χ0v) is 12.3. The Morgan fingerprint density at radius 2 is 1.80 bits per heavy atom. The number of carbonyl (C=O) groups is 2. The zero-order valence-electron chi connectivity index (χ0n) is 12.3. The molecule has 5 heteroatoms. The highest BCUT2D eigenvalue weighted by atomic mass is 16.6. The van der Waals surface area contributed by atoms with Crippen molar-refractivity contribution in [1.82, 2.24) is 5.32 Å². The van der Waals surface area contributed by atoms with E-state index in [1.165, 1.54) is 0 Å². The lowest BCUT2D eigenvalue weighted by atomic mass is 10.1. The van der Waals surface area contributed by atoms with Crippen molar-refractivity contribution < 1.29 is 19.1 Å². The Balaban J connectivity index is 2.90. The lowest BCUT2D eigenvalue weighted by molar-refractivity contribution is -0.157. The van der Waals surface area contributed by atoms with E-state index in [1.54, 1.807) is 52.0 Å². The van der Waals surface area contributed by atoms with E-state index < -0.39 is 23.7 Å². The molecule has 0 radical (unpaired) electrons. The first kappa shape index (κ1) is 16.0. The van der Waals surface area contributed by atoms with Gasteiger partial charge in [-0.3, -0.25) is 0 Å². The maximum Gasteiger partial charge on any atom is 0.408 e. The van der Waals surface area contributed by atoms with Gasteiger partial charge in [0.1, 0.15) is 5.60 Å². The molecule has 5 nitrogen and oxygen atoms in total. The van der Waals surface area contributed by atoms with Crippen molar-refractivity contribution >= 4 is 12.1 Å². The molecule has 0 aliphatic carbocycles. The van der Waals surface area contributed by atoms with E-state index in [2.05, 4.69) is 5.32 Å². The Labute approximate surface area is 119 Å². The average Bonchev–Trinajstić information content (AvgIpc) is 2.35. The molecule has 0 spiro atoms. The maximum atomic E-state index is 12.2. The molecule has 0 saturated carbocycles. The van der Waals surface area contributed by atoms with Crippen LogP contribution in [0.15, 0.2) is 30.3 Å². The summed E-state index contributed by atoms with van der Waals surface area (Å²) in [4.78, 5) is 23.8. The number of hydrogen-bond acceptors (Lipinski definition) is 4. The number of rotatable bonds is 4. The summed E-state index contributed by atoms with van der Waals surface area (Å²) in [5.41, 5.74) is 0.0234. The van der Waals surface area contributed by atoms with E-state index in [-0.39, 0.29) is 6.61 Å². The Bertz CT molecular complexity index is 451. The van der Waals surface area contributed by atoms with Crippen LogP contribution in [0.5, 0.6) is 0 Å². The molecule has 1 aromatic carbocycles. The van der Waals surface area contributed by atoms with Crippen LogP contribution in [-0.2, 0) is 14.3 Å². The van der Waals surface area contributed by atoms with Crippen molar-refractivity contribution in [1.29, 1.82) is 0 Å². The van der Waals surface area contributed by atoms with Gasteiger partial charge in [-0.2, -0.15) is 0 Å². The molecular weight excluding hydrogens is 258 g/mol. The Kier molecular flexibility index (Phi) is 5.55. The highest BCUT2D eigenvalue weighted by Gasteiger charge is 2.28. The molecule has 0 bridgehead atoms. The summed E-state index contributed by atoms with van der Waals surface area (Å²) in [6.07, 6.45) is -0.646. The number of ether oxygens (including phenoxy) is 2. The molecule has 1 amide bonds. The second kappa shape index (κ2) is 6.93. The first-order valence-electron chi connectivity index (χ1n) is 6.54. The third-order valence-electron chi connectivity index (χ3n) is 2.31. The van der Waals surface area contributed by atoms with Crippen LogP contribution in [0.2, 0.25) is 0 Å². The van der Waals surface area contributed by atoms with Gasteiger partial charge in [0.25, 0.3) is 0 Å². The van der Waals surface area contributed by atoms with Crippen LogP contribution in [0.4, 0.5) is 4.79 Å². The summed E-state index contributed by atoms with van der Waals surface area (Å²) in [5, 5.41) is 2.52. The van der Waals surface area contributed by atoms with Gasteiger partial charge in [-0.15, -0.1) is 0 Å². The monoisotopic (exact) mass is 279 g/mol. The molecule has 1 N–H and O–H groups in total. The van der Waals surface area contributed by atoms with Crippen molar-refractivity contribution in [2.75, 3.05) is 6.61 Å². The summed E-state index contributed by atoms with van der Waals surface area (Å²) in [5.74, 6) is -0.517. The van der Waals surface area contributed by atoms with Crippen LogP contribution in [0.1, 0.15) is 39.3 Å². The standard InChI is InChI=1S/C15H21NO4/c1-5-19-14(18)16-12(11-9-7-6-8-10-11)13(17)20-15(2,3)4/h6-10,12H,5H2,1-4H3,(H,16,18)/t12-/m1/s1. The second-order valence-corrected chi connectivity index (χ2v) is 5.24. The topological polar surface area (TPSA) is 64.6 Å². The smallest absolute Gasteiger partial charge is 0.408 e. The fraction of sp³-hybridized carbons (Fsp3) is 0.467. The van der Waals surface area contributed by atoms with Crippen LogP contribution < -0.4 is 5.32 Å². The quantitative estimate of drug-likeness (QED) is 0.861. The normalized spacial score (nSPS) is 12.4. The Morgan fingerprint density at radius 1 is 1.20 bits per heavy atom. The van der Waals surface area contributed by atoms with Crippen molar-refractivity contribution in [3.8, 4) is 0 Å². The maximum absolute atomic E-state index is 12.2. The van der Waals surface area contributed by atoms with Gasteiger partial charge in [-0.05, 0) is 33.3 Å². The van der Waals surface area contributed by atoms with E-state index in [4.69, 9.17) is 9.47 Å². The summed E-state index contributed by atoms with van der Waals surface area (Å²) < 4.78 is 10.1. The van der Waals surface area contributed by atoms with E-state index in [0.717, 1.165) is 0 Å². The van der Waals surface area contributed by atoms with Crippen molar-refractivity contribution in [3.63, 3.8) is 0 Å². The lowest BCUT2D eigenvalue weighted by Crippen LogP contribution is -2.38. The van der Waals surface area contributed by atoms with Gasteiger partial charge in [0.15, 0.2) is 6.04 Å². The zero-order chi connectivity index (χ0) is 15.2. The molecule has 0 aromatic heterocycles. The summed E-state index contributed by atoms with van der Waals surface area (Å²) in [7, 11) is 0. The molecule has 0 saturated heterocycles. The molecule has 0 aliphatic heterocycles. The number of amides is 1. The first-order valence-corrected chi connectivity index (χ1v) is 6.54. The van der Waals surface area contributed by atoms with E-state index in [0.29, 0.717) is 5.56 Å². The van der Waals surface area contributed by atoms with Gasteiger partial charge in [0, 0.05) is 0 Å². The van der Waals surface area contributed by atoms with Gasteiger partial charge in [0.05, 0.1) is 6.61 Å². The van der Waals surface area contributed by atoms with Crippen LogP contribution in [0.3, 0.4) is 0 Å². The SMILES string of the molecule is CCOC(=O)N[C@@H](C(=O)OC(C)(C)C)c1ccccc1. The fourth-order valence-electron chi connectivity index (χ4n) is 1.58. The largest absolute Gasteiger partial charge is 0.458 e. The molecule has 1 aromatic rings. The van der Waals surface area contributed by atoms with Crippen molar-refractivity contribution in [2.24, 2.45) is 0 Å². The average molecular weight is 279 g/mol. The molecule has 0 aliphatic rings. The summed E-state index contributed by atoms with van der Waals surface area (Å²) in [6.45, 7) is 7.26.